The van der Waals surface area contributed by atoms with Gasteiger partial charge in [0.1, 0.15) is 0 Å². The van der Waals surface area contributed by atoms with Crippen LogP contribution in [0.5, 0.6) is 0 Å². The van der Waals surface area contributed by atoms with E-state index < -0.39 is 0 Å². The van der Waals surface area contributed by atoms with Gasteiger partial charge in [-0.2, -0.15) is 0 Å². The minimum Gasteiger partial charge on any atom is -0.314 e. The third-order valence-electron chi connectivity index (χ3n) is 3.42. The van der Waals surface area contributed by atoms with Crippen molar-refractivity contribution in [2.24, 2.45) is 5.41 Å². The van der Waals surface area contributed by atoms with E-state index in [-0.39, 0.29) is 5.41 Å². The maximum absolute atomic E-state index is 6.35. The van der Waals surface area contributed by atoms with Crippen molar-refractivity contribution in [3.05, 3.63) is 33.3 Å². The largest absolute Gasteiger partial charge is 0.314 e. The Morgan fingerprint density at radius 2 is 2.05 bits per heavy atom. The molecule has 0 aliphatic heterocycles. The molecule has 0 amide bonds. The summed E-state index contributed by atoms with van der Waals surface area (Å²) in [5.74, 6) is 0. The van der Waals surface area contributed by atoms with Gasteiger partial charge in [0.05, 0.1) is 0 Å². The zero-order valence-corrected chi connectivity index (χ0v) is 14.7. The molecule has 1 N–H and O–H groups in total. The molecule has 1 aromatic carbocycles. The molecule has 0 aliphatic rings. The van der Waals surface area contributed by atoms with Gasteiger partial charge in [0.25, 0.3) is 0 Å². The first-order valence-electron chi connectivity index (χ1n) is 7.03. The first kappa shape index (κ1) is 17.0. The van der Waals surface area contributed by atoms with Crippen LogP contribution >= 0.6 is 27.5 Å². The fourth-order valence-corrected chi connectivity index (χ4v) is 3.16. The van der Waals surface area contributed by atoms with E-state index in [1.807, 2.05) is 6.07 Å². The van der Waals surface area contributed by atoms with E-state index in [4.69, 9.17) is 11.6 Å². The molecule has 0 saturated carbocycles. The van der Waals surface area contributed by atoms with E-state index >= 15 is 0 Å². The Morgan fingerprint density at radius 1 is 1.37 bits per heavy atom. The Hall–Kier alpha value is -0.0500. The van der Waals surface area contributed by atoms with E-state index in [0.29, 0.717) is 6.04 Å². The van der Waals surface area contributed by atoms with Gasteiger partial charge >= 0.3 is 0 Å². The molecule has 1 rings (SSSR count). The lowest BCUT2D eigenvalue weighted by Crippen LogP contribution is -2.37. The third-order valence-corrected chi connectivity index (χ3v) is 4.27. The highest BCUT2D eigenvalue weighted by molar-refractivity contribution is 9.10. The van der Waals surface area contributed by atoms with E-state index in [1.165, 1.54) is 18.4 Å². The molecule has 1 atom stereocenters. The molecule has 1 unspecified atom stereocenters. The predicted octanol–water partition coefficient (Wildman–Crippen LogP) is 5.45. The Kier molecular flexibility index (Phi) is 6.85. The zero-order chi connectivity index (χ0) is 14.5. The van der Waals surface area contributed by atoms with Crippen molar-refractivity contribution in [2.45, 2.75) is 53.0 Å². The maximum Gasteiger partial charge on any atom is 0.0449 e. The monoisotopic (exact) mass is 345 g/mol. The molecule has 3 heteroatoms. The Balaban J connectivity index is 2.81. The summed E-state index contributed by atoms with van der Waals surface area (Å²) in [4.78, 5) is 0. The molecule has 0 fully saturated rings. The first-order chi connectivity index (χ1) is 8.86. The van der Waals surface area contributed by atoms with Gasteiger partial charge in [0.2, 0.25) is 0 Å². The quantitative estimate of drug-likeness (QED) is 0.692. The smallest absolute Gasteiger partial charge is 0.0449 e. The van der Waals surface area contributed by atoms with Crippen molar-refractivity contribution in [3.8, 4) is 0 Å². The molecule has 108 valence electrons. The molecule has 0 spiro atoms. The lowest BCUT2D eigenvalue weighted by molar-refractivity contribution is 0.267. The number of hydrogen-bond acceptors (Lipinski definition) is 1. The summed E-state index contributed by atoms with van der Waals surface area (Å²) in [5.41, 5.74) is 1.50. The second-order valence-electron chi connectivity index (χ2n) is 6.01. The van der Waals surface area contributed by atoms with E-state index in [2.05, 4.69) is 61.1 Å². The highest BCUT2D eigenvalue weighted by Gasteiger charge is 2.24. The highest BCUT2D eigenvalue weighted by atomic mass is 79.9. The first-order valence-corrected chi connectivity index (χ1v) is 8.21. The number of nitrogens with one attached hydrogen (secondary N) is 1. The topological polar surface area (TPSA) is 12.0 Å². The van der Waals surface area contributed by atoms with Gasteiger partial charge in [-0.1, -0.05) is 67.7 Å². The average Bonchev–Trinajstić information content (AvgIpc) is 2.31. The molecule has 1 nitrogen and oxygen atoms in total. The predicted molar refractivity (Wildman–Crippen MR) is 89.0 cm³/mol. The van der Waals surface area contributed by atoms with Crippen LogP contribution in [0.25, 0.3) is 0 Å². The summed E-state index contributed by atoms with van der Waals surface area (Å²) in [6.07, 6.45) is 3.43. The maximum atomic E-state index is 6.35. The van der Waals surface area contributed by atoms with Gasteiger partial charge in [-0.25, -0.2) is 0 Å². The van der Waals surface area contributed by atoms with Crippen molar-refractivity contribution in [1.29, 1.82) is 0 Å². The minimum atomic E-state index is 0.260. The molecule has 0 saturated heterocycles. The third kappa shape index (κ3) is 5.85. The summed E-state index contributed by atoms with van der Waals surface area (Å²) >= 11 is 9.81. The van der Waals surface area contributed by atoms with Gasteiger partial charge in [0.15, 0.2) is 0 Å². The minimum absolute atomic E-state index is 0.260. The second-order valence-corrected chi connectivity index (χ2v) is 7.33. The lowest BCUT2D eigenvalue weighted by Gasteiger charge is -2.31. The average molecular weight is 347 g/mol. The molecule has 0 radical (unpaired) electrons. The van der Waals surface area contributed by atoms with Crippen molar-refractivity contribution < 1.29 is 0 Å². The molecular formula is C16H25BrClN. The Morgan fingerprint density at radius 3 is 2.58 bits per heavy atom. The number of halogens is 2. The number of benzene rings is 1. The summed E-state index contributed by atoms with van der Waals surface area (Å²) in [6.45, 7) is 10.0. The van der Waals surface area contributed by atoms with Gasteiger partial charge in [-0.15, -0.1) is 0 Å². The zero-order valence-electron chi connectivity index (χ0n) is 12.4. The number of hydrogen-bond donors (Lipinski definition) is 1. The van der Waals surface area contributed by atoms with Crippen LogP contribution in [0.4, 0.5) is 0 Å². The summed E-state index contributed by atoms with van der Waals surface area (Å²) < 4.78 is 1.04. The van der Waals surface area contributed by atoms with Crippen molar-refractivity contribution in [1.82, 2.24) is 5.32 Å². The summed E-state index contributed by atoms with van der Waals surface area (Å²) in [5, 5.41) is 4.43. The highest BCUT2D eigenvalue weighted by Crippen LogP contribution is 2.32. The van der Waals surface area contributed by atoms with Crippen molar-refractivity contribution >= 4 is 27.5 Å². The Bertz CT molecular complexity index is 406. The van der Waals surface area contributed by atoms with Crippen molar-refractivity contribution in [2.75, 3.05) is 6.54 Å². The standard InChI is InChI=1S/C16H25BrClN/c1-5-8-16(4,11-19-12(2)3)10-13-6-7-14(17)9-15(13)18/h6-7,9,12,19H,5,8,10-11H2,1-4H3. The van der Waals surface area contributed by atoms with Gasteiger partial charge in [-0.05, 0) is 36.0 Å². The second kappa shape index (κ2) is 7.66. The van der Waals surface area contributed by atoms with Crippen LogP contribution in [-0.2, 0) is 6.42 Å². The van der Waals surface area contributed by atoms with Crippen LogP contribution in [-0.4, -0.2) is 12.6 Å². The normalized spacial score (nSPS) is 14.7. The van der Waals surface area contributed by atoms with Gasteiger partial charge in [0, 0.05) is 22.1 Å². The molecular weight excluding hydrogens is 322 g/mol. The number of rotatable bonds is 7. The SMILES string of the molecule is CCCC(C)(CNC(C)C)Cc1ccc(Br)cc1Cl. The fraction of sp³-hybridized carbons (Fsp3) is 0.625. The van der Waals surface area contributed by atoms with Crippen molar-refractivity contribution in [3.63, 3.8) is 0 Å². The van der Waals surface area contributed by atoms with Crippen LogP contribution in [0.2, 0.25) is 5.02 Å². The molecule has 0 bridgehead atoms. The van der Waals surface area contributed by atoms with Gasteiger partial charge < -0.3 is 5.32 Å². The summed E-state index contributed by atoms with van der Waals surface area (Å²) in [7, 11) is 0. The van der Waals surface area contributed by atoms with E-state index in [9.17, 15) is 0 Å². The van der Waals surface area contributed by atoms with Crippen LogP contribution in [0.15, 0.2) is 22.7 Å². The lowest BCUT2D eigenvalue weighted by atomic mass is 9.79. The Labute approximate surface area is 131 Å². The molecule has 0 aliphatic carbocycles. The van der Waals surface area contributed by atoms with Crippen LogP contribution in [0.3, 0.4) is 0 Å². The van der Waals surface area contributed by atoms with E-state index in [0.717, 1.165) is 22.5 Å². The molecule has 0 heterocycles. The molecule has 0 aromatic heterocycles. The van der Waals surface area contributed by atoms with Crippen LogP contribution in [0.1, 0.15) is 46.1 Å². The summed E-state index contributed by atoms with van der Waals surface area (Å²) in [6, 6.07) is 6.72. The van der Waals surface area contributed by atoms with Gasteiger partial charge in [-0.3, -0.25) is 0 Å². The fourth-order valence-electron chi connectivity index (χ4n) is 2.42. The molecule has 1 aromatic rings. The molecule has 19 heavy (non-hydrogen) atoms. The van der Waals surface area contributed by atoms with E-state index in [1.54, 1.807) is 0 Å². The van der Waals surface area contributed by atoms with Crippen LogP contribution in [0, 0.1) is 5.41 Å². The van der Waals surface area contributed by atoms with Crippen LogP contribution < -0.4 is 5.32 Å².